The molecule has 2 N–H and O–H groups in total. The highest BCUT2D eigenvalue weighted by Crippen LogP contribution is 2.26. The number of methoxy groups -OCH3 is 1. The van der Waals surface area contributed by atoms with E-state index in [0.29, 0.717) is 0 Å². The molecule has 0 aromatic carbocycles. The van der Waals surface area contributed by atoms with Crippen molar-refractivity contribution in [1.29, 1.82) is 0 Å². The van der Waals surface area contributed by atoms with E-state index in [1.54, 1.807) is 0 Å². The van der Waals surface area contributed by atoms with Crippen molar-refractivity contribution in [1.82, 2.24) is 0 Å². The van der Waals surface area contributed by atoms with Gasteiger partial charge in [-0.25, -0.2) is 9.59 Å². The van der Waals surface area contributed by atoms with Crippen molar-refractivity contribution in [2.24, 2.45) is 0 Å². The normalized spacial score (nSPS) is 23.9. The largest absolute Gasteiger partial charge is 0.479 e. The van der Waals surface area contributed by atoms with Crippen LogP contribution in [0.4, 0.5) is 0 Å². The first kappa shape index (κ1) is 13.7. The lowest BCUT2D eigenvalue weighted by atomic mass is 9.89. The fraction of sp³-hybridized carbons (Fsp3) is 0.333. The molecule has 15 heavy (non-hydrogen) atoms. The molecule has 1 aliphatic rings. The summed E-state index contributed by atoms with van der Waals surface area (Å²) < 4.78 is 4.83. The number of carbonyl (C=O) groups is 2. The summed E-state index contributed by atoms with van der Waals surface area (Å²) in [5.41, 5.74) is -1.51. The second kappa shape index (κ2) is 4.95. The number of carboxylic acid groups (broad SMARTS) is 2. The van der Waals surface area contributed by atoms with E-state index in [-0.39, 0.29) is 24.4 Å². The topological polar surface area (TPSA) is 83.8 Å². The summed E-state index contributed by atoms with van der Waals surface area (Å²) in [6.07, 6.45) is 3.92. The maximum absolute atomic E-state index is 10.9. The second-order valence-electron chi connectivity index (χ2n) is 2.93. The number of aliphatic carboxylic acids is 2. The molecular weight excluding hydrogens is 224 g/mol. The van der Waals surface area contributed by atoms with Gasteiger partial charge in [0.05, 0.1) is 0 Å². The fourth-order valence-corrected chi connectivity index (χ4v) is 1.24. The highest BCUT2D eigenvalue weighted by Gasteiger charge is 2.39. The van der Waals surface area contributed by atoms with Crippen molar-refractivity contribution < 1.29 is 24.5 Å². The van der Waals surface area contributed by atoms with Gasteiger partial charge in [-0.15, -0.1) is 12.4 Å². The number of carboxylic acids is 2. The Labute approximate surface area is 92.5 Å². The van der Waals surface area contributed by atoms with Crippen LogP contribution in [0.15, 0.2) is 23.8 Å². The monoisotopic (exact) mass is 234 g/mol. The van der Waals surface area contributed by atoms with Gasteiger partial charge < -0.3 is 14.9 Å². The zero-order valence-electron chi connectivity index (χ0n) is 7.97. The van der Waals surface area contributed by atoms with Gasteiger partial charge in [0, 0.05) is 19.1 Å². The average Bonchev–Trinajstić information content (AvgIpc) is 2.17. The van der Waals surface area contributed by atoms with Gasteiger partial charge in [-0.05, 0) is 6.08 Å². The Balaban J connectivity index is 0.00000196. The summed E-state index contributed by atoms with van der Waals surface area (Å²) in [5.74, 6) is -2.32. The van der Waals surface area contributed by atoms with Crippen LogP contribution in [0.5, 0.6) is 0 Å². The molecule has 0 aliphatic heterocycles. The Bertz CT molecular complexity index is 333. The van der Waals surface area contributed by atoms with E-state index in [0.717, 1.165) is 0 Å². The molecule has 0 fully saturated rings. The van der Waals surface area contributed by atoms with Crippen LogP contribution in [0.25, 0.3) is 0 Å². The van der Waals surface area contributed by atoms with Crippen LogP contribution in [-0.2, 0) is 14.3 Å². The van der Waals surface area contributed by atoms with E-state index in [1.807, 2.05) is 0 Å². The summed E-state index contributed by atoms with van der Waals surface area (Å²) in [7, 11) is 1.24. The molecule has 0 aromatic heterocycles. The lowest BCUT2D eigenvalue weighted by Gasteiger charge is -2.26. The summed E-state index contributed by atoms with van der Waals surface area (Å²) in [4.78, 5) is 21.5. The SMILES string of the molecule is COC1(C(=O)O)C=CC=C(C(=O)O)C1.Cl. The molecule has 1 unspecified atom stereocenters. The molecule has 0 bridgehead atoms. The standard InChI is InChI=1S/C9H10O5.ClH/c1-14-9(8(12)13)4-2-3-6(5-9)7(10)11;/h2-4H,5H2,1H3,(H,10,11)(H,12,13);1H. The zero-order chi connectivity index (χ0) is 10.8. The van der Waals surface area contributed by atoms with Crippen LogP contribution in [0.1, 0.15) is 6.42 Å². The Kier molecular flexibility index (Phi) is 4.51. The molecule has 84 valence electrons. The predicted molar refractivity (Wildman–Crippen MR) is 54.1 cm³/mol. The minimum atomic E-state index is -1.54. The van der Waals surface area contributed by atoms with Crippen molar-refractivity contribution in [3.8, 4) is 0 Å². The van der Waals surface area contributed by atoms with E-state index >= 15 is 0 Å². The summed E-state index contributed by atoms with van der Waals surface area (Å²) in [6, 6.07) is 0. The molecule has 0 spiro atoms. The van der Waals surface area contributed by atoms with Gasteiger partial charge >= 0.3 is 11.9 Å². The van der Waals surface area contributed by atoms with Crippen LogP contribution in [0.2, 0.25) is 0 Å². The van der Waals surface area contributed by atoms with Gasteiger partial charge in [0.25, 0.3) is 0 Å². The van der Waals surface area contributed by atoms with Crippen molar-refractivity contribution in [3.05, 3.63) is 23.8 Å². The van der Waals surface area contributed by atoms with Gasteiger partial charge in [-0.2, -0.15) is 0 Å². The van der Waals surface area contributed by atoms with E-state index < -0.39 is 17.5 Å². The van der Waals surface area contributed by atoms with E-state index in [2.05, 4.69) is 0 Å². The lowest BCUT2D eigenvalue weighted by molar-refractivity contribution is -0.156. The molecule has 1 rings (SSSR count). The minimum absolute atomic E-state index is 0. The number of ether oxygens (including phenoxy) is 1. The van der Waals surface area contributed by atoms with E-state index in [9.17, 15) is 9.59 Å². The molecule has 0 amide bonds. The van der Waals surface area contributed by atoms with Crippen molar-refractivity contribution >= 4 is 24.3 Å². The number of halogens is 1. The second-order valence-corrected chi connectivity index (χ2v) is 2.93. The summed E-state index contributed by atoms with van der Waals surface area (Å²) in [5, 5.41) is 17.6. The Morgan fingerprint density at radius 3 is 2.47 bits per heavy atom. The number of allylic oxidation sites excluding steroid dienone is 2. The number of hydrogen-bond acceptors (Lipinski definition) is 3. The molecule has 1 atom stereocenters. The van der Waals surface area contributed by atoms with E-state index in [4.69, 9.17) is 14.9 Å². The van der Waals surface area contributed by atoms with Crippen LogP contribution in [-0.4, -0.2) is 34.9 Å². The smallest absolute Gasteiger partial charge is 0.340 e. The Hall–Kier alpha value is -1.33. The molecule has 6 heteroatoms. The van der Waals surface area contributed by atoms with Gasteiger partial charge in [-0.1, -0.05) is 12.2 Å². The third-order valence-electron chi connectivity index (χ3n) is 2.12. The van der Waals surface area contributed by atoms with E-state index in [1.165, 1.54) is 25.3 Å². The van der Waals surface area contributed by atoms with Crippen LogP contribution in [0.3, 0.4) is 0 Å². The fourth-order valence-electron chi connectivity index (χ4n) is 1.24. The third-order valence-corrected chi connectivity index (χ3v) is 2.12. The van der Waals surface area contributed by atoms with Gasteiger partial charge in [-0.3, -0.25) is 0 Å². The highest BCUT2D eigenvalue weighted by molar-refractivity contribution is 5.91. The molecule has 1 aliphatic carbocycles. The molecule has 0 aromatic rings. The van der Waals surface area contributed by atoms with Gasteiger partial charge in [0.2, 0.25) is 0 Å². The Morgan fingerprint density at radius 1 is 1.47 bits per heavy atom. The molecule has 0 saturated carbocycles. The number of hydrogen-bond donors (Lipinski definition) is 2. The van der Waals surface area contributed by atoms with Gasteiger partial charge in [0.1, 0.15) is 0 Å². The van der Waals surface area contributed by atoms with Crippen molar-refractivity contribution in [2.45, 2.75) is 12.0 Å². The van der Waals surface area contributed by atoms with Crippen LogP contribution in [0, 0.1) is 0 Å². The average molecular weight is 235 g/mol. The minimum Gasteiger partial charge on any atom is -0.479 e. The lowest BCUT2D eigenvalue weighted by Crippen LogP contribution is -2.40. The summed E-state index contributed by atoms with van der Waals surface area (Å²) >= 11 is 0. The maximum atomic E-state index is 10.9. The van der Waals surface area contributed by atoms with Gasteiger partial charge in [0.15, 0.2) is 5.60 Å². The molecule has 0 radical (unpaired) electrons. The maximum Gasteiger partial charge on any atom is 0.340 e. The Morgan fingerprint density at radius 2 is 2.07 bits per heavy atom. The summed E-state index contributed by atoms with van der Waals surface area (Å²) in [6.45, 7) is 0. The van der Waals surface area contributed by atoms with Crippen LogP contribution < -0.4 is 0 Å². The molecule has 5 nitrogen and oxygen atoms in total. The van der Waals surface area contributed by atoms with Crippen molar-refractivity contribution in [3.63, 3.8) is 0 Å². The quantitative estimate of drug-likeness (QED) is 0.756. The third kappa shape index (κ3) is 2.57. The first-order chi connectivity index (χ1) is 6.52. The predicted octanol–water partition coefficient (Wildman–Crippen LogP) is 0.849. The van der Waals surface area contributed by atoms with Crippen molar-refractivity contribution in [2.75, 3.05) is 7.11 Å². The first-order valence-electron chi connectivity index (χ1n) is 3.92. The zero-order valence-corrected chi connectivity index (χ0v) is 8.78. The van der Waals surface area contributed by atoms with Crippen LogP contribution >= 0.6 is 12.4 Å². The first-order valence-corrected chi connectivity index (χ1v) is 3.92. The molecule has 0 heterocycles. The number of rotatable bonds is 3. The highest BCUT2D eigenvalue weighted by atomic mass is 35.5. The molecule has 0 saturated heterocycles. The molecular formula is C9H11ClO5.